The first-order valence-electron chi connectivity index (χ1n) is 5.94. The molecule has 0 amide bonds. The molecule has 0 aromatic heterocycles. The summed E-state index contributed by atoms with van der Waals surface area (Å²) >= 11 is 0. The predicted molar refractivity (Wildman–Crippen MR) is 72.0 cm³/mol. The second-order valence-corrected chi connectivity index (χ2v) is 3.96. The largest absolute Gasteiger partial charge is 0 e. The Balaban J connectivity index is -0.000000206. The molecular weight excluding hydrogens is 330 g/mol. The van der Waals surface area contributed by atoms with Gasteiger partial charge in [0.05, 0.1) is 6.61 Å². The Morgan fingerprint density at radius 2 is 1.77 bits per heavy atom. The normalized spacial score (nSPS) is 15.8. The van der Waals surface area contributed by atoms with Crippen LogP contribution in [-0.2, 0) is 40.6 Å². The van der Waals surface area contributed by atoms with Gasteiger partial charge < -0.3 is 10.5 Å². The van der Waals surface area contributed by atoms with E-state index in [4.69, 9.17) is 24.4 Å². The predicted octanol–water partition coefficient (Wildman–Crippen LogP) is 1.67. The Kier molecular flexibility index (Phi) is 25.7. The number of nitrogens with two attached hydrogens (primary N) is 1. The fourth-order valence-electron chi connectivity index (χ4n) is 1.86. The van der Waals surface area contributed by atoms with Gasteiger partial charge in [-0.25, -0.2) is 0 Å². The molecule has 0 aromatic rings. The van der Waals surface area contributed by atoms with Gasteiger partial charge in [0.25, 0.3) is 0 Å². The maximum Gasteiger partial charge on any atom is 0 e. The van der Waals surface area contributed by atoms with Crippen LogP contribution in [0.15, 0.2) is 23.3 Å². The first-order valence-corrected chi connectivity index (χ1v) is 5.94. The zero-order valence-corrected chi connectivity index (χ0v) is 13.8. The molecule has 0 heterocycles. The summed E-state index contributed by atoms with van der Waals surface area (Å²) < 4.78 is 27.4. The molecule has 1 aliphatic carbocycles. The topological polar surface area (TPSA) is 112 Å². The Hall–Kier alpha value is -1.35. The fraction of sp³-hybridized carbons (Fsp3) is 0.467. The summed E-state index contributed by atoms with van der Waals surface area (Å²) in [5.41, 5.74) is 8.27. The molecule has 0 radical (unpaired) electrons. The van der Waals surface area contributed by atoms with Crippen molar-refractivity contribution in [1.82, 2.24) is 0 Å². The van der Waals surface area contributed by atoms with E-state index in [1.807, 2.05) is 6.92 Å². The fourth-order valence-corrected chi connectivity index (χ4v) is 1.86. The molecule has 2 unspecified atom stereocenters. The first-order chi connectivity index (χ1) is 10.1. The van der Waals surface area contributed by atoms with Crippen LogP contribution in [0.4, 0.5) is 0 Å². The molecule has 1 rings (SSSR count). The second-order valence-electron chi connectivity index (χ2n) is 3.96. The molecule has 0 spiro atoms. The van der Waals surface area contributed by atoms with Crippen molar-refractivity contribution in [3.8, 4) is 0 Å². The quantitative estimate of drug-likeness (QED) is 0.362. The van der Waals surface area contributed by atoms with E-state index in [9.17, 15) is 4.79 Å². The molecule has 2 atom stereocenters. The number of hydrogen-bond donors (Lipinski definition) is 1. The first kappa shape index (κ1) is 28.8. The van der Waals surface area contributed by atoms with Crippen LogP contribution in [0, 0.1) is 25.9 Å². The molecule has 0 bridgehead atoms. The summed E-state index contributed by atoms with van der Waals surface area (Å²) in [5.74, 6) is -0.212. The standard InChI is InChI=1S/C12H19NO2.3CO.Fe/c1-4-15-12(14)11(13)10-6-5-8(2)7-9(10)3;3*1-2;/h5,7,10-11H,4,6,13H2,1-3H3;;;;. The number of ether oxygens (including phenoxy) is 1. The van der Waals surface area contributed by atoms with Crippen molar-refractivity contribution in [2.75, 3.05) is 6.61 Å². The van der Waals surface area contributed by atoms with Gasteiger partial charge in [0.15, 0.2) is 0 Å². The summed E-state index contributed by atoms with van der Waals surface area (Å²) in [6, 6.07) is -0.537. The van der Waals surface area contributed by atoms with E-state index < -0.39 is 6.04 Å². The van der Waals surface area contributed by atoms with Gasteiger partial charge in [0, 0.05) is 23.0 Å². The average Bonchev–Trinajstić information content (AvgIpc) is 2.53. The zero-order valence-electron chi connectivity index (χ0n) is 12.7. The van der Waals surface area contributed by atoms with Crippen molar-refractivity contribution in [3.05, 3.63) is 43.2 Å². The zero-order chi connectivity index (χ0) is 17.4. The summed E-state index contributed by atoms with van der Waals surface area (Å²) in [6.07, 6.45) is 5.01. The Bertz CT molecular complexity index is 409. The van der Waals surface area contributed by atoms with Crippen LogP contribution < -0.4 is 5.73 Å². The van der Waals surface area contributed by atoms with Gasteiger partial charge in [-0.15, -0.1) is 0 Å². The van der Waals surface area contributed by atoms with Crippen molar-refractivity contribution < 1.29 is 40.6 Å². The van der Waals surface area contributed by atoms with Gasteiger partial charge in [0.2, 0.25) is 0 Å². The average molecular weight is 349 g/mol. The number of carbonyl (C=O) groups excluding carboxylic acids is 1. The number of rotatable bonds is 3. The van der Waals surface area contributed by atoms with Crippen LogP contribution in [0.25, 0.3) is 0 Å². The number of hydrogen-bond acceptors (Lipinski definition) is 3. The maximum atomic E-state index is 11.5. The van der Waals surface area contributed by atoms with Crippen molar-refractivity contribution in [2.45, 2.75) is 33.2 Å². The second kappa shape index (κ2) is 19.6. The third-order valence-corrected chi connectivity index (χ3v) is 2.73. The van der Waals surface area contributed by atoms with Gasteiger partial charge in [0.1, 0.15) is 6.04 Å². The summed E-state index contributed by atoms with van der Waals surface area (Å²) in [7, 11) is 0. The van der Waals surface area contributed by atoms with Crippen LogP contribution in [0.2, 0.25) is 0 Å². The monoisotopic (exact) mass is 349 g/mol. The van der Waals surface area contributed by atoms with Gasteiger partial charge >= 0.3 is 39.9 Å². The molecule has 0 saturated carbocycles. The van der Waals surface area contributed by atoms with E-state index in [0.717, 1.165) is 12.0 Å². The van der Waals surface area contributed by atoms with Crippen LogP contribution in [0.1, 0.15) is 27.2 Å². The third-order valence-electron chi connectivity index (χ3n) is 2.73. The molecule has 122 valence electrons. The van der Waals surface area contributed by atoms with E-state index in [2.05, 4.69) is 39.0 Å². The van der Waals surface area contributed by atoms with Crippen molar-refractivity contribution in [1.29, 1.82) is 0 Å². The van der Waals surface area contributed by atoms with Crippen LogP contribution in [0.3, 0.4) is 0 Å². The molecular formula is C15H19FeNO5. The van der Waals surface area contributed by atoms with E-state index >= 15 is 0 Å². The van der Waals surface area contributed by atoms with E-state index in [-0.39, 0.29) is 29.0 Å². The molecule has 0 saturated heterocycles. The molecule has 7 heteroatoms. The molecule has 0 aromatic carbocycles. The smallest absolute Gasteiger partial charge is 0 e. The van der Waals surface area contributed by atoms with Crippen LogP contribution >= 0.6 is 0 Å². The molecule has 6 nitrogen and oxygen atoms in total. The minimum Gasteiger partial charge on any atom is 0 e. The Morgan fingerprint density at radius 3 is 2.14 bits per heavy atom. The van der Waals surface area contributed by atoms with Gasteiger partial charge in [-0.1, -0.05) is 23.3 Å². The Morgan fingerprint density at radius 1 is 1.32 bits per heavy atom. The van der Waals surface area contributed by atoms with Crippen molar-refractivity contribution in [2.24, 2.45) is 11.7 Å². The number of carbonyl (C=O) groups is 1. The molecule has 0 fully saturated rings. The van der Waals surface area contributed by atoms with Crippen molar-refractivity contribution >= 4 is 5.97 Å². The van der Waals surface area contributed by atoms with Gasteiger partial charge in [-0.2, -0.15) is 0 Å². The Labute approximate surface area is 141 Å². The van der Waals surface area contributed by atoms with Crippen LogP contribution in [0.5, 0.6) is 0 Å². The van der Waals surface area contributed by atoms with Gasteiger partial charge in [-0.05, 0) is 27.2 Å². The summed E-state index contributed by atoms with van der Waals surface area (Å²) in [5, 5.41) is 0. The molecule has 22 heavy (non-hydrogen) atoms. The number of esters is 1. The van der Waals surface area contributed by atoms with Crippen LogP contribution in [-0.4, -0.2) is 18.6 Å². The summed E-state index contributed by atoms with van der Waals surface area (Å²) in [6.45, 7) is 19.7. The minimum absolute atomic E-state index is 0. The maximum absolute atomic E-state index is 11.5. The molecule has 2 N–H and O–H groups in total. The molecule has 0 aliphatic heterocycles. The van der Waals surface area contributed by atoms with E-state index in [0.29, 0.717) is 6.61 Å². The third kappa shape index (κ3) is 11.3. The minimum atomic E-state index is -0.537. The van der Waals surface area contributed by atoms with E-state index in [1.165, 1.54) is 5.57 Å². The molecule has 1 aliphatic rings. The van der Waals surface area contributed by atoms with E-state index in [1.54, 1.807) is 6.92 Å². The van der Waals surface area contributed by atoms with Crippen molar-refractivity contribution in [3.63, 3.8) is 0 Å². The SMILES string of the molecule is CCOC(=O)C(N)C1CC=C(C)C=C1C.[C-]#[O+].[C-]#[O+].[C-]#[O+].[Fe]. The van der Waals surface area contributed by atoms with Gasteiger partial charge in [-0.3, -0.25) is 4.79 Å². The summed E-state index contributed by atoms with van der Waals surface area (Å²) in [4.78, 5) is 11.5. The number of allylic oxidation sites excluding steroid dienone is 3.